The van der Waals surface area contributed by atoms with Crippen molar-refractivity contribution in [3.05, 3.63) is 64.7 Å². The average Bonchev–Trinajstić information content (AvgIpc) is 3.50. The number of carbonyl (C=O) groups excluding carboxylic acids is 1. The molecule has 6 nitrogen and oxygen atoms in total. The van der Waals surface area contributed by atoms with E-state index in [2.05, 4.69) is 57.3 Å². The molecule has 0 atom stereocenters. The van der Waals surface area contributed by atoms with E-state index in [1.54, 1.807) is 11.3 Å². The summed E-state index contributed by atoms with van der Waals surface area (Å²) in [5, 5.41) is 14.5. The zero-order valence-corrected chi connectivity index (χ0v) is 18.6. The molecule has 31 heavy (non-hydrogen) atoms. The predicted molar refractivity (Wildman–Crippen MR) is 129 cm³/mol. The molecule has 2 aromatic carbocycles. The van der Waals surface area contributed by atoms with Crippen LogP contribution < -0.4 is 5.32 Å². The van der Waals surface area contributed by atoms with Crippen molar-refractivity contribution < 1.29 is 4.79 Å². The van der Waals surface area contributed by atoms with Gasteiger partial charge in [0.25, 0.3) is 0 Å². The number of fused-ring (bicyclic) bond motifs is 3. The summed E-state index contributed by atoms with van der Waals surface area (Å²) in [6.07, 6.45) is 0.307. The van der Waals surface area contributed by atoms with Crippen molar-refractivity contribution in [2.75, 3.05) is 5.32 Å². The molecule has 8 heteroatoms. The smallest absolute Gasteiger partial charge is 0.226 e. The van der Waals surface area contributed by atoms with Crippen molar-refractivity contribution >= 4 is 57.0 Å². The first-order valence-electron chi connectivity index (χ1n) is 10.2. The second kappa shape index (κ2) is 8.13. The zero-order chi connectivity index (χ0) is 21.4. The highest BCUT2D eigenvalue weighted by Gasteiger charge is 2.13. The molecular weight excluding hydrogens is 426 g/mol. The topological polar surface area (TPSA) is 67.6 Å². The highest BCUT2D eigenvalue weighted by Crippen LogP contribution is 2.31. The maximum Gasteiger partial charge on any atom is 0.226 e. The number of nitrogens with one attached hydrogen (secondary N) is 2. The van der Waals surface area contributed by atoms with E-state index in [1.807, 2.05) is 34.2 Å². The number of aryl methyl sites for hydroxylation is 1. The first kappa shape index (κ1) is 19.7. The number of amides is 1. The summed E-state index contributed by atoms with van der Waals surface area (Å²) < 4.78 is 4.69. The van der Waals surface area contributed by atoms with Crippen molar-refractivity contribution in [2.45, 2.75) is 26.4 Å². The molecule has 0 saturated heterocycles. The van der Waals surface area contributed by atoms with Gasteiger partial charge in [-0.25, -0.2) is 0 Å². The predicted octanol–water partition coefficient (Wildman–Crippen LogP) is 5.83. The molecule has 0 fully saturated rings. The van der Waals surface area contributed by atoms with Crippen molar-refractivity contribution in [2.24, 2.45) is 0 Å². The van der Waals surface area contributed by atoms with Gasteiger partial charge in [-0.3, -0.25) is 14.5 Å². The van der Waals surface area contributed by atoms with E-state index in [1.165, 1.54) is 16.4 Å². The maximum absolute atomic E-state index is 12.7. The Morgan fingerprint density at radius 1 is 1.10 bits per heavy atom. The van der Waals surface area contributed by atoms with Crippen LogP contribution >= 0.6 is 23.6 Å². The fraction of sp³-hybridized carbons (Fsp3) is 0.174. The van der Waals surface area contributed by atoms with Crippen LogP contribution in [0.2, 0.25) is 0 Å². The van der Waals surface area contributed by atoms with Crippen LogP contribution in [0.5, 0.6) is 0 Å². The third kappa shape index (κ3) is 3.58. The van der Waals surface area contributed by atoms with Crippen molar-refractivity contribution in [3.63, 3.8) is 0 Å². The molecule has 0 bridgehead atoms. The summed E-state index contributed by atoms with van der Waals surface area (Å²) in [4.78, 5) is 13.7. The summed E-state index contributed by atoms with van der Waals surface area (Å²) >= 11 is 6.95. The lowest BCUT2D eigenvalue weighted by atomic mass is 10.1. The monoisotopic (exact) mass is 447 g/mol. The van der Waals surface area contributed by atoms with Crippen LogP contribution in [-0.2, 0) is 17.9 Å². The van der Waals surface area contributed by atoms with Gasteiger partial charge in [0.1, 0.15) is 0 Å². The Bertz CT molecular complexity index is 1440. The van der Waals surface area contributed by atoms with Gasteiger partial charge in [-0.2, -0.15) is 5.10 Å². The number of H-pyrrole nitrogens is 1. The number of thiophene rings is 1. The van der Waals surface area contributed by atoms with Crippen LogP contribution in [0.1, 0.15) is 13.3 Å². The summed E-state index contributed by atoms with van der Waals surface area (Å²) in [6.45, 7) is 3.51. The molecule has 0 aliphatic rings. The van der Waals surface area contributed by atoms with Gasteiger partial charge in [0.05, 0.1) is 4.88 Å². The Morgan fingerprint density at radius 2 is 1.94 bits per heavy atom. The molecule has 3 aromatic heterocycles. The van der Waals surface area contributed by atoms with Crippen molar-refractivity contribution in [1.82, 2.24) is 19.3 Å². The lowest BCUT2D eigenvalue weighted by molar-refractivity contribution is -0.116. The summed E-state index contributed by atoms with van der Waals surface area (Å²) in [7, 11) is 0. The van der Waals surface area contributed by atoms with E-state index in [0.29, 0.717) is 17.7 Å². The van der Waals surface area contributed by atoms with Gasteiger partial charge in [-0.05, 0) is 54.9 Å². The van der Waals surface area contributed by atoms with Crippen LogP contribution in [0.4, 0.5) is 5.69 Å². The molecule has 0 aliphatic heterocycles. The number of aromatic amines is 1. The number of para-hydroxylation sites is 1. The molecular formula is C23H21N5OS2. The van der Waals surface area contributed by atoms with Crippen LogP contribution in [-0.4, -0.2) is 25.2 Å². The number of nitrogens with zero attached hydrogens (tertiary/aromatic N) is 3. The van der Waals surface area contributed by atoms with Gasteiger partial charge >= 0.3 is 0 Å². The van der Waals surface area contributed by atoms with Gasteiger partial charge in [-0.1, -0.05) is 24.3 Å². The van der Waals surface area contributed by atoms with Gasteiger partial charge in [0.2, 0.25) is 5.91 Å². The molecule has 2 N–H and O–H groups in total. The van der Waals surface area contributed by atoms with Crippen molar-refractivity contribution in [3.8, 4) is 10.7 Å². The Kier molecular flexibility index (Phi) is 5.17. The lowest BCUT2D eigenvalue weighted by Gasteiger charge is -2.08. The van der Waals surface area contributed by atoms with Crippen LogP contribution in [0.25, 0.3) is 32.5 Å². The number of carbonyl (C=O) groups is 1. The number of hydrogen-bond donors (Lipinski definition) is 2. The quantitative estimate of drug-likeness (QED) is 0.322. The third-order valence-electron chi connectivity index (χ3n) is 5.43. The highest BCUT2D eigenvalue weighted by molar-refractivity contribution is 7.71. The summed E-state index contributed by atoms with van der Waals surface area (Å²) in [5.74, 6) is 0.709. The van der Waals surface area contributed by atoms with E-state index in [0.717, 1.165) is 28.3 Å². The minimum atomic E-state index is -0.0567. The fourth-order valence-corrected chi connectivity index (χ4v) is 4.97. The molecule has 5 aromatic rings. The van der Waals surface area contributed by atoms with Gasteiger partial charge in [0, 0.05) is 47.0 Å². The summed E-state index contributed by atoms with van der Waals surface area (Å²) in [5.41, 5.74) is 3.18. The van der Waals surface area contributed by atoms with Crippen LogP contribution in [0.3, 0.4) is 0 Å². The van der Waals surface area contributed by atoms with E-state index in [9.17, 15) is 4.79 Å². The number of rotatable bonds is 6. The van der Waals surface area contributed by atoms with E-state index >= 15 is 0 Å². The fourth-order valence-electron chi connectivity index (χ4n) is 4.03. The number of hydrogen-bond acceptors (Lipinski definition) is 4. The Balaban J connectivity index is 1.36. The third-order valence-corrected chi connectivity index (χ3v) is 6.61. The van der Waals surface area contributed by atoms with E-state index in [4.69, 9.17) is 12.2 Å². The van der Waals surface area contributed by atoms with Gasteiger partial charge in [-0.15, -0.1) is 11.3 Å². The molecule has 3 heterocycles. The molecule has 0 aliphatic carbocycles. The van der Waals surface area contributed by atoms with E-state index in [-0.39, 0.29) is 5.91 Å². The molecule has 0 spiro atoms. The normalized spacial score (nSPS) is 11.4. The number of anilines is 1. The van der Waals surface area contributed by atoms with E-state index < -0.39 is 0 Å². The highest BCUT2D eigenvalue weighted by atomic mass is 32.1. The van der Waals surface area contributed by atoms with Crippen LogP contribution in [0, 0.1) is 4.77 Å². The average molecular weight is 448 g/mol. The Hall–Kier alpha value is -3.23. The second-order valence-corrected chi connectivity index (χ2v) is 8.61. The minimum absolute atomic E-state index is 0.0567. The zero-order valence-electron chi connectivity index (χ0n) is 17.0. The molecule has 0 unspecified atom stereocenters. The Labute approximate surface area is 188 Å². The first-order valence-corrected chi connectivity index (χ1v) is 11.4. The minimum Gasteiger partial charge on any atom is -0.341 e. The van der Waals surface area contributed by atoms with Crippen LogP contribution in [0.15, 0.2) is 60.0 Å². The first-order chi connectivity index (χ1) is 15.2. The SMILES string of the molecule is CCn1c2ccccc2c2cc(NC(=O)CCn3c(-c4cccs4)n[nH]c3=S)ccc21. The van der Waals surface area contributed by atoms with Gasteiger partial charge in [0.15, 0.2) is 10.6 Å². The maximum atomic E-state index is 12.7. The molecule has 5 rings (SSSR count). The largest absolute Gasteiger partial charge is 0.341 e. The molecule has 0 saturated carbocycles. The Morgan fingerprint density at radius 3 is 2.74 bits per heavy atom. The molecule has 0 radical (unpaired) electrons. The summed E-state index contributed by atoms with van der Waals surface area (Å²) in [6, 6.07) is 18.4. The number of aromatic nitrogens is 4. The molecule has 1 amide bonds. The standard InChI is InChI=1S/C23H21N5OS2/c1-2-27-18-7-4-3-6-16(18)17-14-15(9-10-19(17)27)24-21(29)11-12-28-22(25-26-23(28)30)20-8-5-13-31-20/h3-10,13-14H,2,11-12H2,1H3,(H,24,29)(H,26,30). The van der Waals surface area contributed by atoms with Crippen molar-refractivity contribution in [1.29, 1.82) is 0 Å². The number of benzene rings is 2. The van der Waals surface area contributed by atoms with Gasteiger partial charge < -0.3 is 9.88 Å². The lowest BCUT2D eigenvalue weighted by Crippen LogP contribution is -2.15. The second-order valence-electron chi connectivity index (χ2n) is 7.27. The molecule has 156 valence electrons.